The maximum Gasteiger partial charge on any atom is 0.459 e. The minimum Gasteiger partial charge on any atom is -0.459 e. The molecular formula is C30H31FN3O9P. The Kier molecular flexibility index (Phi) is 9.14. The van der Waals surface area contributed by atoms with Crippen molar-refractivity contribution in [3.8, 4) is 5.75 Å². The third kappa shape index (κ3) is 7.15. The zero-order chi connectivity index (χ0) is 31.5. The first-order chi connectivity index (χ1) is 20.9. The third-order valence-corrected chi connectivity index (χ3v) is 8.71. The lowest BCUT2D eigenvalue weighted by Crippen LogP contribution is -2.47. The van der Waals surface area contributed by atoms with E-state index in [0.29, 0.717) is 11.6 Å². The van der Waals surface area contributed by atoms with Crippen LogP contribution in [-0.2, 0) is 30.0 Å². The van der Waals surface area contributed by atoms with E-state index in [0.717, 1.165) is 15.5 Å². The molecule has 1 saturated heterocycles. The second-order valence-electron chi connectivity index (χ2n) is 10.7. The van der Waals surface area contributed by atoms with Crippen LogP contribution in [0.15, 0.2) is 88.6 Å². The molecule has 1 fully saturated rings. The second-order valence-corrected chi connectivity index (χ2v) is 12.4. The number of rotatable bonds is 11. The smallest absolute Gasteiger partial charge is 0.459 e. The second kappa shape index (κ2) is 12.8. The Morgan fingerprint density at radius 2 is 1.82 bits per heavy atom. The number of carbonyl (C=O) groups excluding carboxylic acids is 1. The summed E-state index contributed by atoms with van der Waals surface area (Å²) >= 11 is 0. The van der Waals surface area contributed by atoms with Crippen LogP contribution in [0.4, 0.5) is 4.39 Å². The van der Waals surface area contributed by atoms with Gasteiger partial charge in [0, 0.05) is 11.8 Å². The van der Waals surface area contributed by atoms with Crippen molar-refractivity contribution in [3.63, 3.8) is 0 Å². The average molecular weight is 628 g/mol. The zero-order valence-electron chi connectivity index (χ0n) is 23.8. The lowest BCUT2D eigenvalue weighted by molar-refractivity contribution is -0.151. The molecule has 0 saturated carbocycles. The number of aromatic nitrogens is 2. The van der Waals surface area contributed by atoms with Gasteiger partial charge in [0.1, 0.15) is 30.2 Å². The molecule has 12 nitrogen and oxygen atoms in total. The van der Waals surface area contributed by atoms with E-state index in [2.05, 4.69) is 5.09 Å². The summed E-state index contributed by atoms with van der Waals surface area (Å²) in [5, 5.41) is 14.8. The Morgan fingerprint density at radius 1 is 1.11 bits per heavy atom. The number of nitrogens with zero attached hydrogens (tertiary/aromatic N) is 1. The number of benzene rings is 3. The molecule has 3 N–H and O–H groups in total. The molecule has 0 spiro atoms. The zero-order valence-corrected chi connectivity index (χ0v) is 24.7. The van der Waals surface area contributed by atoms with Crippen LogP contribution in [0.25, 0.3) is 10.8 Å². The van der Waals surface area contributed by atoms with Crippen molar-refractivity contribution in [2.75, 3.05) is 6.61 Å². The summed E-state index contributed by atoms with van der Waals surface area (Å²) < 4.78 is 51.9. The van der Waals surface area contributed by atoms with Crippen LogP contribution in [0.1, 0.15) is 32.1 Å². The molecule has 3 aromatic carbocycles. The van der Waals surface area contributed by atoms with Gasteiger partial charge in [0.2, 0.25) is 5.82 Å². The van der Waals surface area contributed by atoms with Crippen molar-refractivity contribution in [3.05, 3.63) is 111 Å². The number of halogens is 1. The predicted molar refractivity (Wildman–Crippen MR) is 157 cm³/mol. The SMILES string of the molecule is CC(C)(NP(=O)(OCC1O[C@@H](n2cc(F)c(=O)[nH]c2=O)C[C@H]1O)Oc1cccc2ccccc12)C(=O)OCc1ccccc1. The normalized spacial score (nSPS) is 19.9. The number of fused-ring (bicyclic) bond motifs is 1. The van der Waals surface area contributed by atoms with Gasteiger partial charge >= 0.3 is 19.4 Å². The van der Waals surface area contributed by atoms with Crippen LogP contribution < -0.4 is 20.9 Å². The van der Waals surface area contributed by atoms with Gasteiger partial charge in [0.25, 0.3) is 5.56 Å². The first kappa shape index (κ1) is 31.3. The minimum atomic E-state index is -4.43. The van der Waals surface area contributed by atoms with Crippen molar-refractivity contribution in [1.29, 1.82) is 0 Å². The van der Waals surface area contributed by atoms with Crippen molar-refractivity contribution < 1.29 is 37.4 Å². The topological polar surface area (TPSA) is 158 Å². The van der Waals surface area contributed by atoms with E-state index in [1.54, 1.807) is 48.5 Å². The summed E-state index contributed by atoms with van der Waals surface area (Å²) in [5.41, 5.74) is -2.94. The number of esters is 1. The Hall–Kier alpha value is -4.13. The number of ether oxygens (including phenoxy) is 2. The van der Waals surface area contributed by atoms with Crippen molar-refractivity contribution in [2.24, 2.45) is 0 Å². The summed E-state index contributed by atoms with van der Waals surface area (Å²) in [4.78, 5) is 38.6. The molecule has 1 aromatic heterocycles. The molecule has 14 heteroatoms. The van der Waals surface area contributed by atoms with Gasteiger partial charge in [-0.15, -0.1) is 0 Å². The summed E-state index contributed by atoms with van der Waals surface area (Å²) in [6.07, 6.45) is -2.98. The minimum absolute atomic E-state index is 0.0195. The van der Waals surface area contributed by atoms with Gasteiger partial charge in [-0.2, -0.15) is 9.48 Å². The van der Waals surface area contributed by atoms with E-state index in [1.165, 1.54) is 13.8 Å². The first-order valence-corrected chi connectivity index (χ1v) is 15.3. The highest BCUT2D eigenvalue weighted by atomic mass is 31.2. The molecule has 0 radical (unpaired) electrons. The van der Waals surface area contributed by atoms with E-state index < -0.39 is 61.4 Å². The number of aromatic amines is 1. The molecule has 232 valence electrons. The molecular weight excluding hydrogens is 596 g/mol. The molecule has 1 aliphatic heterocycles. The third-order valence-electron chi connectivity index (χ3n) is 6.96. The van der Waals surface area contributed by atoms with Gasteiger partial charge in [-0.1, -0.05) is 66.7 Å². The number of hydrogen-bond donors (Lipinski definition) is 3. The molecule has 5 rings (SSSR count). The Bertz CT molecular complexity index is 1810. The van der Waals surface area contributed by atoms with Gasteiger partial charge in [0.05, 0.1) is 18.9 Å². The average Bonchev–Trinajstić information content (AvgIpc) is 3.37. The Morgan fingerprint density at radius 3 is 2.59 bits per heavy atom. The van der Waals surface area contributed by atoms with Crippen LogP contribution in [0.2, 0.25) is 0 Å². The number of carbonyl (C=O) groups is 1. The molecule has 1 aliphatic rings. The number of H-pyrrole nitrogens is 1. The number of aliphatic hydroxyl groups is 1. The molecule has 0 amide bonds. The lowest BCUT2D eigenvalue weighted by atomic mass is 10.1. The van der Waals surface area contributed by atoms with Crippen LogP contribution in [-0.4, -0.2) is 45.0 Å². The fraction of sp³-hybridized carbons (Fsp3) is 0.300. The molecule has 44 heavy (non-hydrogen) atoms. The highest BCUT2D eigenvalue weighted by molar-refractivity contribution is 7.52. The number of hydrogen-bond acceptors (Lipinski definition) is 9. The highest BCUT2D eigenvalue weighted by Gasteiger charge is 2.43. The number of nitrogens with one attached hydrogen (secondary N) is 2. The van der Waals surface area contributed by atoms with Crippen molar-refractivity contribution in [1.82, 2.24) is 14.6 Å². The Labute approximate surface area is 250 Å². The van der Waals surface area contributed by atoms with E-state index in [1.807, 2.05) is 29.2 Å². The fourth-order valence-electron chi connectivity index (χ4n) is 4.66. The standard InChI is InChI=1S/C30H31FN3O9P/c1-30(2,28(37)40-17-19-9-4-3-5-10-19)33-44(39,43-24-14-8-12-20-11-6-7-13-21(20)24)41-18-25-23(35)15-26(42-25)34-16-22(31)27(36)32-29(34)38/h3-14,16,23,25-26,35H,15,17-18H2,1-2H3,(H,33,39)(H,32,36,38)/t23-,25?,26-,44?/m1/s1. The first-order valence-electron chi connectivity index (χ1n) is 13.7. The van der Waals surface area contributed by atoms with Crippen LogP contribution in [0.3, 0.4) is 0 Å². The van der Waals surface area contributed by atoms with E-state index >= 15 is 0 Å². The summed E-state index contributed by atoms with van der Waals surface area (Å²) in [6, 6.07) is 21.4. The molecule has 4 atom stereocenters. The fourth-order valence-corrected chi connectivity index (χ4v) is 6.36. The molecule has 2 heterocycles. The Balaban J connectivity index is 1.36. The highest BCUT2D eigenvalue weighted by Crippen LogP contribution is 2.48. The van der Waals surface area contributed by atoms with Crippen molar-refractivity contribution in [2.45, 2.75) is 50.8 Å². The molecule has 0 aliphatic carbocycles. The largest absolute Gasteiger partial charge is 0.459 e. The van der Waals surface area contributed by atoms with Gasteiger partial charge in [-0.05, 0) is 30.9 Å². The molecule has 2 unspecified atom stereocenters. The lowest BCUT2D eigenvalue weighted by Gasteiger charge is -2.30. The van der Waals surface area contributed by atoms with Gasteiger partial charge in [-0.3, -0.25) is 23.7 Å². The van der Waals surface area contributed by atoms with Crippen molar-refractivity contribution >= 4 is 24.5 Å². The summed E-state index contributed by atoms with van der Waals surface area (Å²) in [7, 11) is -4.43. The van der Waals surface area contributed by atoms with Crippen LogP contribution >= 0.6 is 7.75 Å². The monoisotopic (exact) mass is 627 g/mol. The quantitative estimate of drug-likeness (QED) is 0.165. The van der Waals surface area contributed by atoms with E-state index in [9.17, 15) is 28.4 Å². The summed E-state index contributed by atoms with van der Waals surface area (Å²) in [6.45, 7) is 2.38. The molecule has 4 aromatic rings. The van der Waals surface area contributed by atoms with E-state index in [-0.39, 0.29) is 18.8 Å². The predicted octanol–water partition coefficient (Wildman–Crippen LogP) is 3.79. The van der Waals surface area contributed by atoms with E-state index in [4.69, 9.17) is 18.5 Å². The number of aliphatic hydroxyl groups excluding tert-OH is 1. The van der Waals surface area contributed by atoms with Crippen LogP contribution in [0, 0.1) is 5.82 Å². The van der Waals surface area contributed by atoms with Gasteiger partial charge < -0.3 is 19.1 Å². The van der Waals surface area contributed by atoms with Gasteiger partial charge in [-0.25, -0.2) is 9.36 Å². The molecule has 0 bridgehead atoms. The maximum atomic E-state index is 14.3. The maximum absolute atomic E-state index is 14.3. The van der Waals surface area contributed by atoms with Crippen LogP contribution in [0.5, 0.6) is 5.75 Å². The van der Waals surface area contributed by atoms with Gasteiger partial charge in [0.15, 0.2) is 0 Å². The summed E-state index contributed by atoms with van der Waals surface area (Å²) in [5.74, 6) is -1.74.